The zero-order chi connectivity index (χ0) is 14.4. The highest BCUT2D eigenvalue weighted by Crippen LogP contribution is 2.43. The molecule has 0 saturated carbocycles. The molecule has 1 heteroatoms. The van der Waals surface area contributed by atoms with E-state index in [0.29, 0.717) is 0 Å². The molecule has 1 aliphatic rings. The van der Waals surface area contributed by atoms with Gasteiger partial charge in [-0.3, -0.25) is 0 Å². The van der Waals surface area contributed by atoms with Crippen LogP contribution < -0.4 is 0 Å². The van der Waals surface area contributed by atoms with Crippen LogP contribution in [0.5, 0.6) is 0 Å². The van der Waals surface area contributed by atoms with Crippen molar-refractivity contribution in [1.29, 1.82) is 0 Å². The molecule has 0 aromatic heterocycles. The lowest BCUT2D eigenvalue weighted by molar-refractivity contribution is 1.19. The van der Waals surface area contributed by atoms with Crippen LogP contribution in [0.2, 0.25) is 0 Å². The number of hydrogen-bond acceptors (Lipinski definition) is 0. The molecule has 0 amide bonds. The van der Waals surface area contributed by atoms with Crippen molar-refractivity contribution < 1.29 is 0 Å². The third-order valence-electron chi connectivity index (χ3n) is 4.29. The summed E-state index contributed by atoms with van der Waals surface area (Å²) in [7, 11) is 0. The Kier molecular flexibility index (Phi) is 2.97. The van der Waals surface area contributed by atoms with Gasteiger partial charge in [-0.05, 0) is 52.4 Å². The SMILES string of the molecule is CC1=C(c2cccc3ccccc23)c2c(Br)cccc2C1. The van der Waals surface area contributed by atoms with E-state index in [1.807, 2.05) is 0 Å². The Morgan fingerprint density at radius 1 is 0.857 bits per heavy atom. The van der Waals surface area contributed by atoms with Gasteiger partial charge in [0.05, 0.1) is 0 Å². The standard InChI is InChI=1S/C20H15Br/c1-13-12-15-8-5-11-18(21)20(15)19(13)17-10-4-7-14-6-2-3-9-16(14)17/h2-11H,12H2,1H3. The summed E-state index contributed by atoms with van der Waals surface area (Å²) >= 11 is 3.74. The van der Waals surface area contributed by atoms with E-state index in [1.54, 1.807) is 0 Å². The lowest BCUT2D eigenvalue weighted by Gasteiger charge is -2.12. The van der Waals surface area contributed by atoms with Gasteiger partial charge in [-0.2, -0.15) is 0 Å². The molecule has 0 heterocycles. The largest absolute Gasteiger partial charge is 0.0616 e. The van der Waals surface area contributed by atoms with Gasteiger partial charge in [-0.15, -0.1) is 0 Å². The monoisotopic (exact) mass is 334 g/mol. The summed E-state index contributed by atoms with van der Waals surface area (Å²) in [5.41, 5.74) is 6.98. The van der Waals surface area contributed by atoms with Gasteiger partial charge in [0.15, 0.2) is 0 Å². The second-order valence-corrected chi connectivity index (χ2v) is 6.49. The van der Waals surface area contributed by atoms with Crippen LogP contribution in [0.15, 0.2) is 70.7 Å². The van der Waals surface area contributed by atoms with Crippen LogP contribution in [0, 0.1) is 0 Å². The van der Waals surface area contributed by atoms with Gasteiger partial charge < -0.3 is 0 Å². The van der Waals surface area contributed by atoms with Crippen molar-refractivity contribution in [3.63, 3.8) is 0 Å². The van der Waals surface area contributed by atoms with Crippen LogP contribution in [0.1, 0.15) is 23.6 Å². The highest BCUT2D eigenvalue weighted by molar-refractivity contribution is 9.10. The first-order valence-corrected chi connectivity index (χ1v) is 8.00. The van der Waals surface area contributed by atoms with Gasteiger partial charge in [-0.25, -0.2) is 0 Å². The molecule has 0 atom stereocenters. The van der Waals surface area contributed by atoms with E-state index < -0.39 is 0 Å². The van der Waals surface area contributed by atoms with E-state index in [0.717, 1.165) is 6.42 Å². The van der Waals surface area contributed by atoms with Gasteiger partial charge >= 0.3 is 0 Å². The van der Waals surface area contributed by atoms with Crippen molar-refractivity contribution in [2.24, 2.45) is 0 Å². The average molecular weight is 335 g/mol. The van der Waals surface area contributed by atoms with E-state index in [9.17, 15) is 0 Å². The zero-order valence-corrected chi connectivity index (χ0v) is 13.4. The predicted octanol–water partition coefficient (Wildman–Crippen LogP) is 5.98. The fourth-order valence-electron chi connectivity index (χ4n) is 3.39. The van der Waals surface area contributed by atoms with Gasteiger partial charge in [0.25, 0.3) is 0 Å². The minimum absolute atomic E-state index is 1.05. The van der Waals surface area contributed by atoms with Gasteiger partial charge in [0, 0.05) is 4.47 Å². The molecule has 0 N–H and O–H groups in total. The maximum absolute atomic E-state index is 3.74. The van der Waals surface area contributed by atoms with E-state index in [2.05, 4.69) is 83.5 Å². The fourth-order valence-corrected chi connectivity index (χ4v) is 4.00. The Morgan fingerprint density at radius 3 is 2.52 bits per heavy atom. The third kappa shape index (κ3) is 1.96. The van der Waals surface area contributed by atoms with Crippen LogP contribution >= 0.6 is 15.9 Å². The topological polar surface area (TPSA) is 0 Å². The first-order valence-electron chi connectivity index (χ1n) is 7.21. The van der Waals surface area contributed by atoms with Crippen molar-refractivity contribution in [2.75, 3.05) is 0 Å². The zero-order valence-electron chi connectivity index (χ0n) is 11.9. The number of allylic oxidation sites excluding steroid dienone is 1. The third-order valence-corrected chi connectivity index (χ3v) is 4.95. The summed E-state index contributed by atoms with van der Waals surface area (Å²) in [6, 6.07) is 21.7. The molecule has 102 valence electrons. The van der Waals surface area contributed by atoms with Gasteiger partial charge in [-0.1, -0.05) is 76.1 Å². The fraction of sp³-hybridized carbons (Fsp3) is 0.100. The maximum Gasteiger partial charge on any atom is 0.0256 e. The lowest BCUT2D eigenvalue weighted by atomic mass is 9.93. The molecule has 3 aromatic rings. The quantitative estimate of drug-likeness (QED) is 0.513. The van der Waals surface area contributed by atoms with E-state index in [1.165, 1.54) is 43.1 Å². The molecular weight excluding hydrogens is 320 g/mol. The number of hydrogen-bond donors (Lipinski definition) is 0. The molecule has 0 saturated heterocycles. The average Bonchev–Trinajstić information content (AvgIpc) is 2.84. The Balaban J connectivity index is 2.05. The van der Waals surface area contributed by atoms with Crippen molar-refractivity contribution in [3.05, 3.63) is 87.4 Å². The second kappa shape index (κ2) is 4.85. The summed E-state index contributed by atoms with van der Waals surface area (Å²) in [6.07, 6.45) is 1.05. The van der Waals surface area contributed by atoms with Crippen molar-refractivity contribution in [1.82, 2.24) is 0 Å². The Hall–Kier alpha value is -1.86. The summed E-state index contributed by atoms with van der Waals surface area (Å²) in [5.74, 6) is 0. The minimum atomic E-state index is 1.05. The van der Waals surface area contributed by atoms with Gasteiger partial charge in [0.2, 0.25) is 0 Å². The van der Waals surface area contributed by atoms with E-state index in [-0.39, 0.29) is 0 Å². The van der Waals surface area contributed by atoms with E-state index in [4.69, 9.17) is 0 Å². The molecule has 0 nitrogen and oxygen atoms in total. The highest BCUT2D eigenvalue weighted by atomic mass is 79.9. The second-order valence-electron chi connectivity index (χ2n) is 5.63. The maximum atomic E-state index is 3.74. The predicted molar refractivity (Wildman–Crippen MR) is 93.5 cm³/mol. The Labute approximate surface area is 133 Å². The smallest absolute Gasteiger partial charge is 0.0256 e. The molecule has 0 fully saturated rings. The summed E-state index contributed by atoms with van der Waals surface area (Å²) in [4.78, 5) is 0. The molecule has 21 heavy (non-hydrogen) atoms. The van der Waals surface area contributed by atoms with Crippen LogP contribution in [0.4, 0.5) is 0 Å². The lowest BCUT2D eigenvalue weighted by Crippen LogP contribution is -1.91. The first kappa shape index (κ1) is 12.8. The highest BCUT2D eigenvalue weighted by Gasteiger charge is 2.23. The number of rotatable bonds is 1. The number of fused-ring (bicyclic) bond motifs is 2. The minimum Gasteiger partial charge on any atom is -0.0616 e. The Morgan fingerprint density at radius 2 is 1.62 bits per heavy atom. The van der Waals surface area contributed by atoms with Crippen LogP contribution in [-0.2, 0) is 6.42 Å². The van der Waals surface area contributed by atoms with Crippen molar-refractivity contribution in [2.45, 2.75) is 13.3 Å². The first-order chi connectivity index (χ1) is 10.3. The van der Waals surface area contributed by atoms with E-state index >= 15 is 0 Å². The van der Waals surface area contributed by atoms with Crippen LogP contribution in [-0.4, -0.2) is 0 Å². The molecular formula is C20H15Br. The normalized spacial score (nSPS) is 13.8. The summed E-state index contributed by atoms with van der Waals surface area (Å²) in [5, 5.41) is 2.63. The molecule has 4 rings (SSSR count). The van der Waals surface area contributed by atoms with Crippen LogP contribution in [0.25, 0.3) is 16.3 Å². The molecule has 0 bridgehead atoms. The van der Waals surface area contributed by atoms with Gasteiger partial charge in [0.1, 0.15) is 0 Å². The molecule has 1 aliphatic carbocycles. The number of benzene rings is 3. The number of halogens is 1. The summed E-state index contributed by atoms with van der Waals surface area (Å²) in [6.45, 7) is 2.25. The Bertz CT molecular complexity index is 882. The molecule has 0 spiro atoms. The summed E-state index contributed by atoms with van der Waals surface area (Å²) < 4.78 is 1.19. The molecule has 0 aliphatic heterocycles. The van der Waals surface area contributed by atoms with Crippen molar-refractivity contribution >= 4 is 32.3 Å². The molecule has 0 radical (unpaired) electrons. The molecule has 3 aromatic carbocycles. The van der Waals surface area contributed by atoms with Crippen LogP contribution in [0.3, 0.4) is 0 Å². The molecule has 0 unspecified atom stereocenters. The van der Waals surface area contributed by atoms with Crippen molar-refractivity contribution in [3.8, 4) is 0 Å².